The Bertz CT molecular complexity index is 974. The van der Waals surface area contributed by atoms with Crippen LogP contribution < -0.4 is 4.74 Å². The molecule has 0 bridgehead atoms. The zero-order chi connectivity index (χ0) is 20.8. The van der Waals surface area contributed by atoms with E-state index in [1.54, 1.807) is 41.3 Å². The van der Waals surface area contributed by atoms with Crippen LogP contribution in [0.4, 0.5) is 0 Å². The highest BCUT2D eigenvalue weighted by Crippen LogP contribution is 2.33. The maximum Gasteiger partial charge on any atom is 0.254 e. The van der Waals surface area contributed by atoms with Crippen LogP contribution in [-0.2, 0) is 13.0 Å². The van der Waals surface area contributed by atoms with E-state index in [0.717, 1.165) is 15.6 Å². The van der Waals surface area contributed by atoms with Crippen molar-refractivity contribution in [2.24, 2.45) is 0 Å². The van der Waals surface area contributed by atoms with Crippen molar-refractivity contribution in [3.05, 3.63) is 87.9 Å². The van der Waals surface area contributed by atoms with Crippen LogP contribution in [-0.4, -0.2) is 34.7 Å². The third-order valence-electron chi connectivity index (χ3n) is 4.62. The Morgan fingerprint density at radius 1 is 1.03 bits per heavy atom. The summed E-state index contributed by atoms with van der Waals surface area (Å²) in [5.41, 5.74) is 2.40. The Balaban J connectivity index is 1.85. The summed E-state index contributed by atoms with van der Waals surface area (Å²) in [4.78, 5) is 14.9. The molecule has 6 heteroatoms. The number of methoxy groups -OCH3 is 1. The summed E-state index contributed by atoms with van der Waals surface area (Å²) >= 11 is 3.50. The van der Waals surface area contributed by atoms with E-state index in [-0.39, 0.29) is 17.4 Å². The van der Waals surface area contributed by atoms with Crippen molar-refractivity contribution in [1.82, 2.24) is 4.90 Å². The zero-order valence-electron chi connectivity index (χ0n) is 16.0. The smallest absolute Gasteiger partial charge is 0.254 e. The van der Waals surface area contributed by atoms with Crippen LogP contribution >= 0.6 is 15.9 Å². The van der Waals surface area contributed by atoms with Crippen molar-refractivity contribution < 1.29 is 19.7 Å². The summed E-state index contributed by atoms with van der Waals surface area (Å²) in [5.74, 6) is 0.511. The minimum atomic E-state index is -0.0911. The van der Waals surface area contributed by atoms with Crippen molar-refractivity contribution in [3.63, 3.8) is 0 Å². The van der Waals surface area contributed by atoms with Gasteiger partial charge in [-0.05, 0) is 53.9 Å². The Hall–Kier alpha value is -2.99. The lowest BCUT2D eigenvalue weighted by molar-refractivity contribution is 0.0744. The topological polar surface area (TPSA) is 70.0 Å². The number of hydrogen-bond acceptors (Lipinski definition) is 4. The molecule has 0 spiro atoms. The van der Waals surface area contributed by atoms with Gasteiger partial charge in [0.05, 0.1) is 7.11 Å². The molecule has 0 fully saturated rings. The van der Waals surface area contributed by atoms with Crippen molar-refractivity contribution in [2.75, 3.05) is 13.7 Å². The van der Waals surface area contributed by atoms with Gasteiger partial charge in [-0.2, -0.15) is 0 Å². The van der Waals surface area contributed by atoms with Crippen LogP contribution in [0.25, 0.3) is 0 Å². The second-order valence-electron chi connectivity index (χ2n) is 6.62. The Labute approximate surface area is 178 Å². The van der Waals surface area contributed by atoms with Crippen LogP contribution in [0.1, 0.15) is 21.5 Å². The highest BCUT2D eigenvalue weighted by molar-refractivity contribution is 9.10. The predicted octanol–water partition coefficient (Wildman–Crippen LogP) is 4.75. The summed E-state index contributed by atoms with van der Waals surface area (Å²) < 4.78 is 5.89. The normalized spacial score (nSPS) is 10.6. The third-order valence-corrected chi connectivity index (χ3v) is 5.36. The molecular weight excluding hydrogens is 434 g/mol. The molecule has 29 heavy (non-hydrogen) atoms. The van der Waals surface area contributed by atoms with Gasteiger partial charge in [0.2, 0.25) is 0 Å². The van der Waals surface area contributed by atoms with Crippen molar-refractivity contribution in [2.45, 2.75) is 13.0 Å². The lowest BCUT2D eigenvalue weighted by Gasteiger charge is -2.24. The van der Waals surface area contributed by atoms with Crippen LogP contribution in [0.3, 0.4) is 0 Å². The molecule has 0 aliphatic rings. The lowest BCUT2D eigenvalue weighted by atomic mass is 10.1. The number of phenolic OH excluding ortho intramolecular Hbond substituents is 2. The first-order valence-electron chi connectivity index (χ1n) is 9.15. The fourth-order valence-electron chi connectivity index (χ4n) is 3.02. The molecule has 5 nitrogen and oxygen atoms in total. The minimum Gasteiger partial charge on any atom is -0.508 e. The van der Waals surface area contributed by atoms with Gasteiger partial charge >= 0.3 is 0 Å². The maximum atomic E-state index is 13.1. The molecule has 0 saturated carbocycles. The summed E-state index contributed by atoms with van der Waals surface area (Å²) in [5, 5.41) is 19.6. The molecule has 0 unspecified atom stereocenters. The van der Waals surface area contributed by atoms with Crippen molar-refractivity contribution in [3.8, 4) is 17.2 Å². The molecule has 0 heterocycles. The van der Waals surface area contributed by atoms with Gasteiger partial charge in [0.25, 0.3) is 5.91 Å². The average molecular weight is 456 g/mol. The molecule has 3 rings (SSSR count). The predicted molar refractivity (Wildman–Crippen MR) is 115 cm³/mol. The second kappa shape index (κ2) is 9.47. The van der Waals surface area contributed by atoms with E-state index in [2.05, 4.69) is 15.9 Å². The van der Waals surface area contributed by atoms with E-state index in [1.807, 2.05) is 30.3 Å². The number of phenols is 2. The molecule has 0 saturated heterocycles. The number of hydrogen-bond donors (Lipinski definition) is 2. The fraction of sp³-hybridized carbons (Fsp3) is 0.174. The summed E-state index contributed by atoms with van der Waals surface area (Å²) in [6, 6.07) is 19.4. The number of amides is 1. The lowest BCUT2D eigenvalue weighted by Crippen LogP contribution is -2.32. The van der Waals surface area contributed by atoms with Crippen LogP contribution in [0.2, 0.25) is 0 Å². The number of aromatic hydroxyl groups is 2. The number of halogens is 1. The van der Waals surface area contributed by atoms with Gasteiger partial charge in [-0.3, -0.25) is 4.79 Å². The zero-order valence-corrected chi connectivity index (χ0v) is 17.6. The van der Waals surface area contributed by atoms with Gasteiger partial charge in [-0.1, -0.05) is 46.3 Å². The summed E-state index contributed by atoms with van der Waals surface area (Å²) in [6.07, 6.45) is 0.638. The van der Waals surface area contributed by atoms with Crippen LogP contribution in [0, 0.1) is 0 Å². The maximum absolute atomic E-state index is 13.1. The number of ether oxygens (including phenoxy) is 1. The van der Waals surface area contributed by atoms with Gasteiger partial charge in [0.1, 0.15) is 5.75 Å². The molecule has 3 aromatic carbocycles. The Morgan fingerprint density at radius 2 is 1.72 bits per heavy atom. The molecule has 0 aliphatic heterocycles. The first-order valence-corrected chi connectivity index (χ1v) is 9.95. The third kappa shape index (κ3) is 5.29. The standard InChI is InChI=1S/C23H22BrNO4/c1-29-22-14-20(24)18(13-21(22)27)15-25(23(28)17-5-3-2-4-6-17)12-11-16-7-9-19(26)10-8-16/h2-10,13-14,26-27H,11-12,15H2,1H3. The van der Waals surface area contributed by atoms with Gasteiger partial charge in [0, 0.05) is 23.1 Å². The SMILES string of the molecule is COc1cc(Br)c(CN(CCc2ccc(O)cc2)C(=O)c2ccccc2)cc1O. The second-order valence-corrected chi connectivity index (χ2v) is 7.48. The van der Waals surface area contributed by atoms with Gasteiger partial charge in [0.15, 0.2) is 11.5 Å². The molecule has 3 aromatic rings. The average Bonchev–Trinajstić information content (AvgIpc) is 2.74. The van der Waals surface area contributed by atoms with E-state index in [4.69, 9.17) is 4.74 Å². The number of carbonyl (C=O) groups is 1. The van der Waals surface area contributed by atoms with Gasteiger partial charge in [-0.25, -0.2) is 0 Å². The van der Waals surface area contributed by atoms with Crippen molar-refractivity contribution >= 4 is 21.8 Å². The van der Waals surface area contributed by atoms with E-state index >= 15 is 0 Å². The van der Waals surface area contributed by atoms with Crippen LogP contribution in [0.5, 0.6) is 17.2 Å². The van der Waals surface area contributed by atoms with Gasteiger partial charge in [-0.15, -0.1) is 0 Å². The first-order chi connectivity index (χ1) is 14.0. The number of rotatable bonds is 7. The van der Waals surface area contributed by atoms with E-state index in [1.165, 1.54) is 7.11 Å². The first kappa shape index (κ1) is 20.7. The van der Waals surface area contributed by atoms with E-state index < -0.39 is 0 Å². The number of nitrogens with zero attached hydrogens (tertiary/aromatic N) is 1. The molecule has 0 radical (unpaired) electrons. The van der Waals surface area contributed by atoms with E-state index in [9.17, 15) is 15.0 Å². The molecule has 0 aromatic heterocycles. The monoisotopic (exact) mass is 455 g/mol. The largest absolute Gasteiger partial charge is 0.508 e. The molecular formula is C23H22BrNO4. The summed E-state index contributed by atoms with van der Waals surface area (Å²) in [6.45, 7) is 0.807. The highest BCUT2D eigenvalue weighted by atomic mass is 79.9. The minimum absolute atomic E-state index is 0.0244. The summed E-state index contributed by atoms with van der Waals surface area (Å²) in [7, 11) is 1.49. The quantitative estimate of drug-likeness (QED) is 0.538. The molecule has 150 valence electrons. The van der Waals surface area contributed by atoms with Crippen LogP contribution in [0.15, 0.2) is 71.2 Å². The fourth-order valence-corrected chi connectivity index (χ4v) is 3.47. The molecule has 1 amide bonds. The van der Waals surface area contributed by atoms with E-state index in [0.29, 0.717) is 30.8 Å². The Morgan fingerprint density at radius 3 is 2.38 bits per heavy atom. The number of carbonyl (C=O) groups excluding carboxylic acids is 1. The molecule has 2 N–H and O–H groups in total. The molecule has 0 atom stereocenters. The number of benzene rings is 3. The Kier molecular flexibility index (Phi) is 6.77. The molecule has 0 aliphatic carbocycles. The highest BCUT2D eigenvalue weighted by Gasteiger charge is 2.18. The van der Waals surface area contributed by atoms with Crippen molar-refractivity contribution in [1.29, 1.82) is 0 Å². The van der Waals surface area contributed by atoms with Gasteiger partial charge < -0.3 is 19.8 Å².